The Labute approximate surface area is 101 Å². The van der Waals surface area contributed by atoms with E-state index in [9.17, 15) is 5.11 Å². The molecule has 16 heavy (non-hydrogen) atoms. The number of hydrogen-bond donors (Lipinski definition) is 2. The van der Waals surface area contributed by atoms with Gasteiger partial charge in [0.15, 0.2) is 0 Å². The Morgan fingerprint density at radius 1 is 1.19 bits per heavy atom. The van der Waals surface area contributed by atoms with E-state index in [1.54, 1.807) is 7.11 Å². The molecule has 3 nitrogen and oxygen atoms in total. The molecule has 0 saturated heterocycles. The van der Waals surface area contributed by atoms with E-state index < -0.39 is 0 Å². The van der Waals surface area contributed by atoms with Gasteiger partial charge in [-0.1, -0.05) is 20.8 Å². The minimum Gasteiger partial charge on any atom is -0.393 e. The Morgan fingerprint density at radius 2 is 1.81 bits per heavy atom. The molecule has 3 unspecified atom stereocenters. The average molecular weight is 231 g/mol. The second-order valence-electron chi connectivity index (χ2n) is 5.23. The molecule has 0 rings (SSSR count). The summed E-state index contributed by atoms with van der Waals surface area (Å²) in [7, 11) is 1.74. The second-order valence-corrected chi connectivity index (χ2v) is 5.23. The SMILES string of the molecule is COCCC(NCC(C)CC(C)O)C(C)C. The van der Waals surface area contributed by atoms with Crippen molar-refractivity contribution in [3.8, 4) is 0 Å². The highest BCUT2D eigenvalue weighted by Gasteiger charge is 2.14. The van der Waals surface area contributed by atoms with E-state index in [1.165, 1.54) is 0 Å². The Bertz CT molecular complexity index is 160. The number of rotatable bonds is 9. The summed E-state index contributed by atoms with van der Waals surface area (Å²) < 4.78 is 5.11. The van der Waals surface area contributed by atoms with Crippen molar-refractivity contribution in [1.82, 2.24) is 5.32 Å². The summed E-state index contributed by atoms with van der Waals surface area (Å²) in [6.07, 6.45) is 1.71. The van der Waals surface area contributed by atoms with E-state index >= 15 is 0 Å². The van der Waals surface area contributed by atoms with E-state index in [2.05, 4.69) is 26.1 Å². The largest absolute Gasteiger partial charge is 0.393 e. The van der Waals surface area contributed by atoms with Crippen molar-refractivity contribution in [2.24, 2.45) is 11.8 Å². The van der Waals surface area contributed by atoms with Crippen molar-refractivity contribution < 1.29 is 9.84 Å². The Kier molecular flexibility index (Phi) is 8.90. The van der Waals surface area contributed by atoms with Gasteiger partial charge in [0.1, 0.15) is 0 Å². The lowest BCUT2D eigenvalue weighted by molar-refractivity contribution is 0.155. The van der Waals surface area contributed by atoms with Gasteiger partial charge in [-0.3, -0.25) is 0 Å². The number of aliphatic hydroxyl groups excluding tert-OH is 1. The molecule has 0 aromatic carbocycles. The summed E-state index contributed by atoms with van der Waals surface area (Å²) in [4.78, 5) is 0. The number of methoxy groups -OCH3 is 1. The summed E-state index contributed by atoms with van der Waals surface area (Å²) in [5.41, 5.74) is 0. The molecule has 0 radical (unpaired) electrons. The molecule has 0 bridgehead atoms. The van der Waals surface area contributed by atoms with Crippen LogP contribution in [0.4, 0.5) is 0 Å². The van der Waals surface area contributed by atoms with Crippen molar-refractivity contribution in [1.29, 1.82) is 0 Å². The number of hydrogen-bond acceptors (Lipinski definition) is 3. The first kappa shape index (κ1) is 15.9. The quantitative estimate of drug-likeness (QED) is 0.638. The summed E-state index contributed by atoms with van der Waals surface area (Å²) in [5.74, 6) is 1.14. The van der Waals surface area contributed by atoms with Crippen LogP contribution in [0.2, 0.25) is 0 Å². The van der Waals surface area contributed by atoms with Crippen LogP contribution >= 0.6 is 0 Å². The van der Waals surface area contributed by atoms with Crippen LogP contribution in [0, 0.1) is 11.8 Å². The second kappa shape index (κ2) is 8.97. The molecule has 0 spiro atoms. The fraction of sp³-hybridized carbons (Fsp3) is 1.00. The van der Waals surface area contributed by atoms with Crippen LogP contribution < -0.4 is 5.32 Å². The lowest BCUT2D eigenvalue weighted by atomic mass is 9.99. The van der Waals surface area contributed by atoms with E-state index in [-0.39, 0.29) is 6.10 Å². The van der Waals surface area contributed by atoms with E-state index in [4.69, 9.17) is 4.74 Å². The van der Waals surface area contributed by atoms with Gasteiger partial charge in [-0.2, -0.15) is 0 Å². The van der Waals surface area contributed by atoms with E-state index in [1.807, 2.05) is 6.92 Å². The molecule has 0 aliphatic carbocycles. The van der Waals surface area contributed by atoms with Crippen molar-refractivity contribution in [2.45, 2.75) is 52.7 Å². The van der Waals surface area contributed by atoms with Gasteiger partial charge >= 0.3 is 0 Å². The van der Waals surface area contributed by atoms with Gasteiger partial charge in [-0.25, -0.2) is 0 Å². The van der Waals surface area contributed by atoms with Crippen LogP contribution in [0.15, 0.2) is 0 Å². The summed E-state index contributed by atoms with van der Waals surface area (Å²) in [6.45, 7) is 10.3. The molecule has 0 amide bonds. The van der Waals surface area contributed by atoms with Crippen molar-refractivity contribution in [2.75, 3.05) is 20.3 Å². The first-order valence-electron chi connectivity index (χ1n) is 6.37. The van der Waals surface area contributed by atoms with Crippen LogP contribution in [0.25, 0.3) is 0 Å². The van der Waals surface area contributed by atoms with E-state index in [0.29, 0.717) is 17.9 Å². The predicted octanol–water partition coefficient (Wildman–Crippen LogP) is 2.04. The highest BCUT2D eigenvalue weighted by molar-refractivity contribution is 4.72. The fourth-order valence-corrected chi connectivity index (χ4v) is 1.93. The van der Waals surface area contributed by atoms with Crippen LogP contribution in [-0.4, -0.2) is 37.5 Å². The number of ether oxygens (including phenoxy) is 1. The molecule has 0 aliphatic rings. The first-order chi connectivity index (χ1) is 7.47. The molecule has 0 fully saturated rings. The minimum absolute atomic E-state index is 0.201. The lowest BCUT2D eigenvalue weighted by Gasteiger charge is -2.24. The predicted molar refractivity (Wildman–Crippen MR) is 68.6 cm³/mol. The summed E-state index contributed by atoms with van der Waals surface area (Å²) in [5, 5.41) is 12.9. The number of aliphatic hydroxyl groups is 1. The van der Waals surface area contributed by atoms with Crippen LogP contribution in [0.1, 0.15) is 40.5 Å². The van der Waals surface area contributed by atoms with Crippen LogP contribution in [-0.2, 0) is 4.74 Å². The zero-order chi connectivity index (χ0) is 12.6. The molecule has 0 saturated carbocycles. The van der Waals surface area contributed by atoms with Gasteiger partial charge in [0.25, 0.3) is 0 Å². The maximum absolute atomic E-state index is 9.29. The molecular formula is C13H29NO2. The van der Waals surface area contributed by atoms with Gasteiger partial charge in [-0.15, -0.1) is 0 Å². The van der Waals surface area contributed by atoms with Crippen molar-refractivity contribution in [3.05, 3.63) is 0 Å². The zero-order valence-electron chi connectivity index (χ0n) is 11.5. The maximum Gasteiger partial charge on any atom is 0.0515 e. The fourth-order valence-electron chi connectivity index (χ4n) is 1.93. The van der Waals surface area contributed by atoms with Crippen LogP contribution in [0.3, 0.4) is 0 Å². The van der Waals surface area contributed by atoms with Gasteiger partial charge in [-0.05, 0) is 38.1 Å². The third-order valence-corrected chi connectivity index (χ3v) is 2.91. The molecule has 0 aromatic heterocycles. The Hall–Kier alpha value is -0.120. The Balaban J connectivity index is 3.82. The molecule has 2 N–H and O–H groups in total. The Morgan fingerprint density at radius 3 is 2.25 bits per heavy atom. The standard InChI is InChI=1S/C13H29NO2/c1-10(2)13(6-7-16-5)14-9-11(3)8-12(4)15/h10-15H,6-9H2,1-5H3. The van der Waals surface area contributed by atoms with Gasteiger partial charge in [0.05, 0.1) is 6.10 Å². The van der Waals surface area contributed by atoms with Gasteiger partial charge < -0.3 is 15.2 Å². The summed E-state index contributed by atoms with van der Waals surface area (Å²) >= 11 is 0. The monoisotopic (exact) mass is 231 g/mol. The van der Waals surface area contributed by atoms with Gasteiger partial charge in [0, 0.05) is 19.8 Å². The highest BCUT2D eigenvalue weighted by atomic mass is 16.5. The number of nitrogens with one attached hydrogen (secondary N) is 1. The molecule has 98 valence electrons. The highest BCUT2D eigenvalue weighted by Crippen LogP contribution is 2.09. The maximum atomic E-state index is 9.29. The molecule has 0 heterocycles. The molecular weight excluding hydrogens is 202 g/mol. The van der Waals surface area contributed by atoms with Crippen molar-refractivity contribution >= 4 is 0 Å². The molecule has 0 aromatic rings. The zero-order valence-corrected chi connectivity index (χ0v) is 11.5. The average Bonchev–Trinajstić information content (AvgIpc) is 2.16. The van der Waals surface area contributed by atoms with Crippen molar-refractivity contribution in [3.63, 3.8) is 0 Å². The first-order valence-corrected chi connectivity index (χ1v) is 6.37. The van der Waals surface area contributed by atoms with Crippen LogP contribution in [0.5, 0.6) is 0 Å². The van der Waals surface area contributed by atoms with E-state index in [0.717, 1.165) is 26.0 Å². The normalized spacial score (nSPS) is 17.4. The third-order valence-electron chi connectivity index (χ3n) is 2.91. The molecule has 3 atom stereocenters. The summed E-state index contributed by atoms with van der Waals surface area (Å²) in [6, 6.07) is 0.511. The smallest absolute Gasteiger partial charge is 0.0515 e. The lowest BCUT2D eigenvalue weighted by Crippen LogP contribution is -2.38. The molecule has 0 aliphatic heterocycles. The third kappa shape index (κ3) is 8.08. The van der Waals surface area contributed by atoms with Gasteiger partial charge in [0.2, 0.25) is 0 Å². The molecule has 3 heteroatoms. The minimum atomic E-state index is -0.201. The topological polar surface area (TPSA) is 41.5 Å².